The van der Waals surface area contributed by atoms with E-state index >= 15 is 0 Å². The van der Waals surface area contributed by atoms with E-state index in [1.54, 1.807) is 4.90 Å². The van der Waals surface area contributed by atoms with Crippen molar-refractivity contribution in [3.63, 3.8) is 0 Å². The summed E-state index contributed by atoms with van der Waals surface area (Å²) in [7, 11) is 0. The normalized spacial score (nSPS) is 29.6. The van der Waals surface area contributed by atoms with E-state index in [-0.39, 0.29) is 49.2 Å². The molecule has 2 aliphatic heterocycles. The van der Waals surface area contributed by atoms with Crippen molar-refractivity contribution in [3.8, 4) is 0 Å². The zero-order valence-corrected chi connectivity index (χ0v) is 17.5. The van der Waals surface area contributed by atoms with E-state index in [0.29, 0.717) is 18.9 Å². The van der Waals surface area contributed by atoms with Crippen LogP contribution in [0.5, 0.6) is 0 Å². The summed E-state index contributed by atoms with van der Waals surface area (Å²) in [4.78, 5) is 40.1. The van der Waals surface area contributed by atoms with Crippen molar-refractivity contribution < 1.29 is 19.1 Å². The fraction of sp³-hybridized carbons (Fsp3) is 0.542. The number of fused-ring (bicyclic) bond motifs is 2. The number of esters is 1. The van der Waals surface area contributed by atoms with Crippen molar-refractivity contribution in [1.82, 2.24) is 10.2 Å². The quantitative estimate of drug-likeness (QED) is 0.571. The number of hydrogen-bond acceptors (Lipinski definition) is 4. The smallest absolute Gasteiger partial charge is 0.309 e. The Bertz CT molecular complexity index is 845. The number of rotatable bonds is 1. The van der Waals surface area contributed by atoms with Crippen molar-refractivity contribution in [2.45, 2.75) is 64.1 Å². The Hall–Kier alpha value is -2.63. The summed E-state index contributed by atoms with van der Waals surface area (Å²) in [6.07, 6.45) is 8.02. The second-order valence-corrected chi connectivity index (χ2v) is 8.71. The molecule has 0 aromatic heterocycles. The number of nitrogens with zero attached hydrogens (tertiary/aromatic N) is 1. The van der Waals surface area contributed by atoms with Gasteiger partial charge < -0.3 is 15.0 Å². The van der Waals surface area contributed by atoms with Gasteiger partial charge >= 0.3 is 5.97 Å². The minimum absolute atomic E-state index is 0.0379. The number of hydrogen-bond donors (Lipinski definition) is 1. The molecule has 0 unspecified atom stereocenters. The molecule has 1 saturated heterocycles. The third-order valence-electron chi connectivity index (χ3n) is 6.45. The molecule has 6 heteroatoms. The Morgan fingerprint density at radius 3 is 2.60 bits per heavy atom. The lowest BCUT2D eigenvalue weighted by Gasteiger charge is -2.29. The van der Waals surface area contributed by atoms with E-state index in [1.807, 2.05) is 36.4 Å². The Labute approximate surface area is 177 Å². The SMILES string of the molecule is C[C@@H]1/C=C/CC(=O)OCc2ccccc2CC(=O)N2CCC[C@H]2C(=O)N[C@@H]1C1CC1. The van der Waals surface area contributed by atoms with E-state index in [1.165, 1.54) is 0 Å². The van der Waals surface area contributed by atoms with Crippen molar-refractivity contribution in [2.24, 2.45) is 11.8 Å². The lowest BCUT2D eigenvalue weighted by atomic mass is 9.96. The predicted molar refractivity (Wildman–Crippen MR) is 112 cm³/mol. The van der Waals surface area contributed by atoms with Crippen LogP contribution in [0.1, 0.15) is 50.2 Å². The van der Waals surface area contributed by atoms with Crippen LogP contribution >= 0.6 is 0 Å². The zero-order chi connectivity index (χ0) is 21.1. The lowest BCUT2D eigenvalue weighted by molar-refractivity contribution is -0.143. The first kappa shape index (κ1) is 20.6. The third kappa shape index (κ3) is 4.74. The fourth-order valence-corrected chi connectivity index (χ4v) is 4.58. The molecule has 2 heterocycles. The molecule has 30 heavy (non-hydrogen) atoms. The molecule has 3 atom stereocenters. The van der Waals surface area contributed by atoms with E-state index in [4.69, 9.17) is 4.74 Å². The van der Waals surface area contributed by atoms with E-state index in [9.17, 15) is 14.4 Å². The molecule has 0 radical (unpaired) electrons. The summed E-state index contributed by atoms with van der Waals surface area (Å²) in [5.41, 5.74) is 1.67. The molecule has 1 aromatic carbocycles. The zero-order valence-electron chi connectivity index (χ0n) is 17.5. The Kier molecular flexibility index (Phi) is 6.21. The number of amides is 2. The van der Waals surface area contributed by atoms with Crippen molar-refractivity contribution in [3.05, 3.63) is 47.5 Å². The van der Waals surface area contributed by atoms with Gasteiger partial charge in [0.25, 0.3) is 0 Å². The highest BCUT2D eigenvalue weighted by molar-refractivity contribution is 5.89. The van der Waals surface area contributed by atoms with Gasteiger partial charge in [-0.3, -0.25) is 14.4 Å². The van der Waals surface area contributed by atoms with Gasteiger partial charge in [-0.1, -0.05) is 43.3 Å². The molecule has 4 rings (SSSR count). The summed E-state index contributed by atoms with van der Waals surface area (Å²) in [5, 5.41) is 3.23. The Morgan fingerprint density at radius 2 is 1.83 bits per heavy atom. The van der Waals surface area contributed by atoms with Gasteiger partial charge in [-0.25, -0.2) is 0 Å². The molecule has 1 N–H and O–H groups in total. The summed E-state index contributed by atoms with van der Waals surface area (Å²) in [6.45, 7) is 2.83. The van der Waals surface area contributed by atoms with Crippen LogP contribution in [-0.2, 0) is 32.1 Å². The van der Waals surface area contributed by atoms with Gasteiger partial charge in [0, 0.05) is 12.6 Å². The number of ether oxygens (including phenoxy) is 1. The highest BCUT2D eigenvalue weighted by Gasteiger charge is 2.39. The van der Waals surface area contributed by atoms with Gasteiger partial charge in [0.2, 0.25) is 11.8 Å². The van der Waals surface area contributed by atoms with Crippen LogP contribution in [0.3, 0.4) is 0 Å². The second kappa shape index (κ2) is 9.02. The van der Waals surface area contributed by atoms with Gasteiger partial charge in [0.1, 0.15) is 12.6 Å². The number of nitrogens with one attached hydrogen (secondary N) is 1. The summed E-state index contributed by atoms with van der Waals surface area (Å²) >= 11 is 0. The van der Waals surface area contributed by atoms with Gasteiger partial charge in [-0.2, -0.15) is 0 Å². The maximum atomic E-state index is 13.1. The minimum atomic E-state index is -0.396. The van der Waals surface area contributed by atoms with Crippen LogP contribution in [-0.4, -0.2) is 41.3 Å². The topological polar surface area (TPSA) is 75.7 Å². The molecule has 2 fully saturated rings. The molecular weight excluding hydrogens is 380 g/mol. The molecule has 160 valence electrons. The van der Waals surface area contributed by atoms with Gasteiger partial charge in [-0.15, -0.1) is 0 Å². The average molecular weight is 411 g/mol. The first-order chi connectivity index (χ1) is 14.5. The average Bonchev–Trinajstić information content (AvgIpc) is 3.45. The maximum Gasteiger partial charge on any atom is 0.309 e. The highest BCUT2D eigenvalue weighted by atomic mass is 16.5. The molecular formula is C24H30N2O4. The van der Waals surface area contributed by atoms with E-state index in [2.05, 4.69) is 12.2 Å². The molecule has 6 nitrogen and oxygen atoms in total. The van der Waals surface area contributed by atoms with Crippen LogP contribution in [0.15, 0.2) is 36.4 Å². The van der Waals surface area contributed by atoms with E-state index in [0.717, 1.165) is 30.4 Å². The van der Waals surface area contributed by atoms with Gasteiger partial charge in [0.05, 0.1) is 12.8 Å². The summed E-state index contributed by atoms with van der Waals surface area (Å²) < 4.78 is 5.45. The number of cyclic esters (lactones) is 1. The highest BCUT2D eigenvalue weighted by Crippen LogP contribution is 2.36. The molecule has 3 aliphatic rings. The Morgan fingerprint density at radius 1 is 1.07 bits per heavy atom. The molecule has 2 amide bonds. The van der Waals surface area contributed by atoms with Crippen LogP contribution in [0, 0.1) is 11.8 Å². The van der Waals surface area contributed by atoms with Crippen LogP contribution < -0.4 is 5.32 Å². The molecule has 1 aromatic rings. The Balaban J connectivity index is 1.60. The van der Waals surface area contributed by atoms with Crippen LogP contribution in [0.4, 0.5) is 0 Å². The van der Waals surface area contributed by atoms with Gasteiger partial charge in [0.15, 0.2) is 0 Å². The molecule has 0 spiro atoms. The fourth-order valence-electron chi connectivity index (χ4n) is 4.58. The summed E-state index contributed by atoms with van der Waals surface area (Å²) in [6, 6.07) is 7.17. The third-order valence-corrected chi connectivity index (χ3v) is 6.45. The monoisotopic (exact) mass is 410 g/mol. The maximum absolute atomic E-state index is 13.1. The van der Waals surface area contributed by atoms with Crippen LogP contribution in [0.25, 0.3) is 0 Å². The number of benzene rings is 1. The molecule has 0 bridgehead atoms. The first-order valence-corrected chi connectivity index (χ1v) is 11.0. The van der Waals surface area contributed by atoms with Crippen LogP contribution in [0.2, 0.25) is 0 Å². The molecule has 1 saturated carbocycles. The number of carbonyl (C=O) groups is 3. The lowest BCUT2D eigenvalue weighted by Crippen LogP contribution is -2.51. The first-order valence-electron chi connectivity index (χ1n) is 11.0. The van der Waals surface area contributed by atoms with Gasteiger partial charge in [-0.05, 0) is 48.6 Å². The number of carbonyl (C=O) groups excluding carboxylic acids is 3. The predicted octanol–water partition coefficient (Wildman–Crippen LogP) is 2.75. The molecule has 1 aliphatic carbocycles. The van der Waals surface area contributed by atoms with Crippen molar-refractivity contribution in [1.29, 1.82) is 0 Å². The minimum Gasteiger partial charge on any atom is -0.461 e. The summed E-state index contributed by atoms with van der Waals surface area (Å²) in [5.74, 6) is 0.204. The largest absolute Gasteiger partial charge is 0.461 e. The standard InChI is InChI=1S/C24H30N2O4/c1-16-6-4-10-22(28)30-15-19-8-3-2-7-18(19)14-21(27)26-13-5-9-20(26)24(29)25-23(16)17-11-12-17/h2-4,6-8,16-17,20,23H,5,9-15H2,1H3,(H,25,29)/b6-4+/t16-,20+,23+/m1/s1. The van der Waals surface area contributed by atoms with E-state index < -0.39 is 6.04 Å². The van der Waals surface area contributed by atoms with Crippen molar-refractivity contribution in [2.75, 3.05) is 6.54 Å². The van der Waals surface area contributed by atoms with Crippen molar-refractivity contribution >= 4 is 17.8 Å². The second-order valence-electron chi connectivity index (χ2n) is 8.71.